The topological polar surface area (TPSA) is 89.3 Å². The average Bonchev–Trinajstić information content (AvgIpc) is 3.32. The highest BCUT2D eigenvalue weighted by atomic mass is 32.1. The number of hydrogen-bond acceptors (Lipinski definition) is 7. The normalized spacial score (nSPS) is 16.3. The molecule has 1 aliphatic heterocycles. The summed E-state index contributed by atoms with van der Waals surface area (Å²) in [6.45, 7) is 7.36. The van der Waals surface area contributed by atoms with Crippen molar-refractivity contribution >= 4 is 22.9 Å². The minimum Gasteiger partial charge on any atom is -0.491 e. The van der Waals surface area contributed by atoms with Crippen molar-refractivity contribution in [3.8, 4) is 16.9 Å². The van der Waals surface area contributed by atoms with E-state index in [4.69, 9.17) is 9.26 Å². The number of hydrogen-bond donors (Lipinski definition) is 2. The third-order valence-electron chi connectivity index (χ3n) is 5.58. The SMILES string of the molecule is Cc1ncsc1CC(=O)Nc1ccc(OC[C@H]2CCCCN2)c(-c2c(C)noc2C)c1. The lowest BCUT2D eigenvalue weighted by atomic mass is 10.0. The number of thiazole rings is 1. The lowest BCUT2D eigenvalue weighted by molar-refractivity contribution is -0.115. The minimum atomic E-state index is -0.0721. The molecule has 0 saturated carbocycles. The van der Waals surface area contributed by atoms with Crippen LogP contribution in [-0.2, 0) is 11.2 Å². The molecule has 1 amide bonds. The fourth-order valence-corrected chi connectivity index (χ4v) is 4.68. The molecule has 1 saturated heterocycles. The molecule has 8 heteroatoms. The summed E-state index contributed by atoms with van der Waals surface area (Å²) in [4.78, 5) is 17.8. The summed E-state index contributed by atoms with van der Waals surface area (Å²) < 4.78 is 11.6. The van der Waals surface area contributed by atoms with Crippen LogP contribution in [-0.4, -0.2) is 35.2 Å². The molecule has 1 fully saturated rings. The Morgan fingerprint density at radius 3 is 2.84 bits per heavy atom. The summed E-state index contributed by atoms with van der Waals surface area (Å²) in [6, 6.07) is 6.08. The van der Waals surface area contributed by atoms with E-state index in [1.165, 1.54) is 24.2 Å². The third kappa shape index (κ3) is 5.14. The van der Waals surface area contributed by atoms with Gasteiger partial charge in [0.2, 0.25) is 5.91 Å². The van der Waals surface area contributed by atoms with Crippen LogP contribution in [0.5, 0.6) is 5.75 Å². The number of rotatable bonds is 7. The van der Waals surface area contributed by atoms with Crippen molar-refractivity contribution in [3.05, 3.63) is 45.7 Å². The van der Waals surface area contributed by atoms with E-state index < -0.39 is 0 Å². The Kier molecular flexibility index (Phi) is 6.67. The molecule has 0 unspecified atom stereocenters. The number of aryl methyl sites for hydroxylation is 3. The van der Waals surface area contributed by atoms with Crippen LogP contribution in [0.4, 0.5) is 5.69 Å². The van der Waals surface area contributed by atoms with E-state index in [2.05, 4.69) is 20.8 Å². The molecule has 3 heterocycles. The Bertz CT molecular complexity index is 1030. The molecule has 0 bridgehead atoms. The van der Waals surface area contributed by atoms with Gasteiger partial charge in [0.1, 0.15) is 18.1 Å². The molecular formula is C23H28N4O3S. The number of aromatic nitrogens is 2. The molecule has 0 aliphatic carbocycles. The van der Waals surface area contributed by atoms with Crippen LogP contribution in [0, 0.1) is 20.8 Å². The molecule has 31 heavy (non-hydrogen) atoms. The highest BCUT2D eigenvalue weighted by molar-refractivity contribution is 7.09. The van der Waals surface area contributed by atoms with Gasteiger partial charge in [-0.05, 0) is 58.4 Å². The lowest BCUT2D eigenvalue weighted by Gasteiger charge is -2.24. The van der Waals surface area contributed by atoms with Crippen molar-refractivity contribution in [1.82, 2.24) is 15.5 Å². The van der Waals surface area contributed by atoms with Crippen molar-refractivity contribution in [2.75, 3.05) is 18.5 Å². The summed E-state index contributed by atoms with van der Waals surface area (Å²) in [5.41, 5.74) is 5.95. The number of amides is 1. The lowest BCUT2D eigenvalue weighted by Crippen LogP contribution is -2.38. The largest absolute Gasteiger partial charge is 0.491 e. The quantitative estimate of drug-likeness (QED) is 0.565. The number of carbonyl (C=O) groups is 1. The van der Waals surface area contributed by atoms with Crippen molar-refractivity contribution in [2.24, 2.45) is 0 Å². The molecule has 4 rings (SSSR count). The van der Waals surface area contributed by atoms with Crippen LogP contribution in [0.15, 0.2) is 28.2 Å². The summed E-state index contributed by atoms with van der Waals surface area (Å²) >= 11 is 1.50. The van der Waals surface area contributed by atoms with E-state index in [-0.39, 0.29) is 5.91 Å². The van der Waals surface area contributed by atoms with Gasteiger partial charge in [-0.1, -0.05) is 11.6 Å². The average molecular weight is 441 g/mol. The summed E-state index contributed by atoms with van der Waals surface area (Å²) in [5.74, 6) is 1.41. The van der Waals surface area contributed by atoms with E-state index in [1.807, 2.05) is 39.0 Å². The summed E-state index contributed by atoms with van der Waals surface area (Å²) in [5, 5.41) is 10.6. The molecule has 164 valence electrons. The first-order valence-electron chi connectivity index (χ1n) is 10.6. The second-order valence-corrected chi connectivity index (χ2v) is 8.89. The molecule has 1 atom stereocenters. The van der Waals surface area contributed by atoms with E-state index in [0.717, 1.165) is 51.9 Å². The number of carbonyl (C=O) groups excluding carboxylic acids is 1. The Hall–Kier alpha value is -2.71. The molecule has 3 aromatic rings. The Morgan fingerprint density at radius 1 is 1.29 bits per heavy atom. The molecule has 1 aromatic carbocycles. The van der Waals surface area contributed by atoms with Gasteiger partial charge in [0, 0.05) is 22.2 Å². The third-order valence-corrected chi connectivity index (χ3v) is 6.52. The van der Waals surface area contributed by atoms with Gasteiger partial charge < -0.3 is 19.9 Å². The van der Waals surface area contributed by atoms with Crippen LogP contribution in [0.3, 0.4) is 0 Å². The molecule has 2 N–H and O–H groups in total. The second kappa shape index (κ2) is 9.62. The monoisotopic (exact) mass is 440 g/mol. The maximum absolute atomic E-state index is 12.6. The number of nitrogens with zero attached hydrogens (tertiary/aromatic N) is 2. The van der Waals surface area contributed by atoms with E-state index in [0.29, 0.717) is 24.8 Å². The van der Waals surface area contributed by atoms with Gasteiger partial charge in [-0.15, -0.1) is 11.3 Å². The van der Waals surface area contributed by atoms with Crippen molar-refractivity contribution in [3.63, 3.8) is 0 Å². The number of benzene rings is 1. The zero-order chi connectivity index (χ0) is 21.8. The summed E-state index contributed by atoms with van der Waals surface area (Å²) in [7, 11) is 0. The van der Waals surface area contributed by atoms with Crippen LogP contribution in [0.1, 0.15) is 41.3 Å². The van der Waals surface area contributed by atoms with Gasteiger partial charge in [-0.3, -0.25) is 4.79 Å². The van der Waals surface area contributed by atoms with E-state index in [9.17, 15) is 4.79 Å². The second-order valence-electron chi connectivity index (χ2n) is 7.95. The van der Waals surface area contributed by atoms with Crippen LogP contribution >= 0.6 is 11.3 Å². The molecule has 0 spiro atoms. The van der Waals surface area contributed by atoms with Gasteiger partial charge in [-0.2, -0.15) is 0 Å². The smallest absolute Gasteiger partial charge is 0.229 e. The van der Waals surface area contributed by atoms with Gasteiger partial charge in [-0.25, -0.2) is 4.98 Å². The van der Waals surface area contributed by atoms with Crippen molar-refractivity contribution < 1.29 is 14.1 Å². The van der Waals surface area contributed by atoms with Gasteiger partial charge in [0.15, 0.2) is 0 Å². The zero-order valence-electron chi connectivity index (χ0n) is 18.2. The number of piperidine rings is 1. The van der Waals surface area contributed by atoms with Crippen molar-refractivity contribution in [2.45, 2.75) is 52.5 Å². The van der Waals surface area contributed by atoms with E-state index >= 15 is 0 Å². The maximum Gasteiger partial charge on any atom is 0.229 e. The molecule has 2 aromatic heterocycles. The summed E-state index contributed by atoms with van der Waals surface area (Å²) in [6.07, 6.45) is 3.87. The molecule has 7 nitrogen and oxygen atoms in total. The molecular weight excluding hydrogens is 412 g/mol. The number of nitrogens with one attached hydrogen (secondary N) is 2. The highest BCUT2D eigenvalue weighted by Gasteiger charge is 2.20. The Labute approximate surface area is 186 Å². The number of ether oxygens (including phenoxy) is 1. The zero-order valence-corrected chi connectivity index (χ0v) is 19.0. The van der Waals surface area contributed by atoms with Crippen LogP contribution < -0.4 is 15.4 Å². The van der Waals surface area contributed by atoms with Crippen molar-refractivity contribution in [1.29, 1.82) is 0 Å². The van der Waals surface area contributed by atoms with Gasteiger partial charge >= 0.3 is 0 Å². The highest BCUT2D eigenvalue weighted by Crippen LogP contribution is 2.37. The molecule has 0 radical (unpaired) electrons. The first-order valence-corrected chi connectivity index (χ1v) is 11.5. The van der Waals surface area contributed by atoms with Crippen LogP contribution in [0.2, 0.25) is 0 Å². The minimum absolute atomic E-state index is 0.0721. The fourth-order valence-electron chi connectivity index (χ4n) is 3.90. The first kappa shape index (κ1) is 21.5. The van der Waals surface area contributed by atoms with Gasteiger partial charge in [0.05, 0.1) is 28.9 Å². The first-order chi connectivity index (χ1) is 15.0. The Morgan fingerprint density at radius 2 is 2.16 bits per heavy atom. The van der Waals surface area contributed by atoms with Gasteiger partial charge in [0.25, 0.3) is 0 Å². The fraction of sp³-hybridized carbons (Fsp3) is 0.435. The Balaban J connectivity index is 1.55. The predicted octanol–water partition coefficient (Wildman–Crippen LogP) is 4.43. The standard InChI is InChI=1S/C23H28N4O3S/c1-14-21(31-13-25-14)11-22(28)26-17-7-8-20(29-12-18-6-4-5-9-24-18)19(10-17)23-15(2)27-30-16(23)3/h7-8,10,13,18,24H,4-6,9,11-12H2,1-3H3,(H,26,28)/t18-/m1/s1. The van der Waals surface area contributed by atoms with Crippen LogP contribution in [0.25, 0.3) is 11.1 Å². The number of anilines is 1. The van der Waals surface area contributed by atoms with E-state index in [1.54, 1.807) is 5.51 Å². The maximum atomic E-state index is 12.6. The molecule has 1 aliphatic rings. The predicted molar refractivity (Wildman–Crippen MR) is 122 cm³/mol.